The van der Waals surface area contributed by atoms with Gasteiger partial charge in [-0.2, -0.15) is 0 Å². The highest BCUT2D eigenvalue weighted by atomic mass is 32.2. The number of hydrogen-bond donors (Lipinski definition) is 3. The number of aliphatic hydroxyl groups is 1. The SMILES string of the molecule is CC1(NCC(O)c2cccc(F)c2)CCCN(SCC(=O)O)CC1. The van der Waals surface area contributed by atoms with Gasteiger partial charge in [0.25, 0.3) is 0 Å². The van der Waals surface area contributed by atoms with Crippen molar-refractivity contribution in [2.75, 3.05) is 25.4 Å². The first-order valence-corrected chi connectivity index (χ1v) is 9.10. The van der Waals surface area contributed by atoms with Crippen LogP contribution in [-0.2, 0) is 4.79 Å². The van der Waals surface area contributed by atoms with Gasteiger partial charge in [0.1, 0.15) is 11.6 Å². The Balaban J connectivity index is 1.84. The lowest BCUT2D eigenvalue weighted by Gasteiger charge is -2.31. The molecule has 2 unspecified atom stereocenters. The van der Waals surface area contributed by atoms with Crippen molar-refractivity contribution in [3.63, 3.8) is 0 Å². The molecule has 2 atom stereocenters. The van der Waals surface area contributed by atoms with Gasteiger partial charge in [-0.3, -0.25) is 9.10 Å². The van der Waals surface area contributed by atoms with Crippen LogP contribution in [0.5, 0.6) is 0 Å². The molecule has 0 spiro atoms. The number of carboxylic acid groups (broad SMARTS) is 1. The molecule has 2 rings (SSSR count). The summed E-state index contributed by atoms with van der Waals surface area (Å²) in [5, 5.41) is 22.4. The number of carboxylic acids is 1. The molecule has 1 aliphatic heterocycles. The van der Waals surface area contributed by atoms with Crippen LogP contribution >= 0.6 is 11.9 Å². The summed E-state index contributed by atoms with van der Waals surface area (Å²) < 4.78 is 15.3. The molecule has 1 fully saturated rings. The Morgan fingerprint density at radius 3 is 2.96 bits per heavy atom. The van der Waals surface area contributed by atoms with Gasteiger partial charge in [-0.15, -0.1) is 0 Å². The smallest absolute Gasteiger partial charge is 0.314 e. The molecule has 0 aromatic heterocycles. The lowest BCUT2D eigenvalue weighted by molar-refractivity contribution is -0.133. The van der Waals surface area contributed by atoms with Gasteiger partial charge in [0.2, 0.25) is 0 Å². The minimum atomic E-state index is -0.802. The van der Waals surface area contributed by atoms with Crippen LogP contribution < -0.4 is 5.32 Å². The zero-order valence-electron chi connectivity index (χ0n) is 13.9. The largest absolute Gasteiger partial charge is 0.481 e. The van der Waals surface area contributed by atoms with E-state index >= 15 is 0 Å². The molecule has 7 heteroatoms. The normalized spacial score (nSPS) is 23.6. The standard InChI is InChI=1S/C17H25FN2O3S/c1-17(6-3-8-20(9-7-17)24-12-16(22)23)19-11-15(21)13-4-2-5-14(18)10-13/h2,4-5,10,15,19,21H,3,6-9,11-12H2,1H3,(H,22,23). The number of hydrogen-bond acceptors (Lipinski definition) is 5. The van der Waals surface area contributed by atoms with Crippen LogP contribution in [0, 0.1) is 5.82 Å². The molecule has 0 saturated carbocycles. The number of benzene rings is 1. The predicted molar refractivity (Wildman–Crippen MR) is 93.3 cm³/mol. The van der Waals surface area contributed by atoms with Gasteiger partial charge >= 0.3 is 5.97 Å². The molecule has 1 aromatic rings. The van der Waals surface area contributed by atoms with Crippen LogP contribution in [0.25, 0.3) is 0 Å². The summed E-state index contributed by atoms with van der Waals surface area (Å²) in [6.45, 7) is 4.15. The third-order valence-corrected chi connectivity index (χ3v) is 5.48. The molecule has 1 saturated heterocycles. The highest BCUT2D eigenvalue weighted by molar-refractivity contribution is 7.97. The summed E-state index contributed by atoms with van der Waals surface area (Å²) in [5.41, 5.74) is 0.450. The molecule has 0 radical (unpaired) electrons. The maximum atomic E-state index is 13.2. The van der Waals surface area contributed by atoms with E-state index in [0.29, 0.717) is 12.1 Å². The van der Waals surface area contributed by atoms with Crippen molar-refractivity contribution in [3.05, 3.63) is 35.6 Å². The van der Waals surface area contributed by atoms with E-state index in [9.17, 15) is 14.3 Å². The fourth-order valence-electron chi connectivity index (χ4n) is 2.88. The number of carbonyl (C=O) groups is 1. The summed E-state index contributed by atoms with van der Waals surface area (Å²) >= 11 is 1.36. The third kappa shape index (κ3) is 6.05. The lowest BCUT2D eigenvalue weighted by Crippen LogP contribution is -2.44. The number of aliphatic hydroxyl groups excluding tert-OH is 1. The highest BCUT2D eigenvalue weighted by Gasteiger charge is 2.28. The zero-order valence-corrected chi connectivity index (χ0v) is 14.7. The van der Waals surface area contributed by atoms with Gasteiger partial charge in [-0.05, 0) is 43.9 Å². The van der Waals surface area contributed by atoms with Gasteiger partial charge in [0.05, 0.1) is 6.10 Å². The molecule has 1 aliphatic rings. The summed E-state index contributed by atoms with van der Waals surface area (Å²) in [6.07, 6.45) is 2.03. The number of nitrogens with one attached hydrogen (secondary N) is 1. The second-order valence-electron chi connectivity index (χ2n) is 6.46. The van der Waals surface area contributed by atoms with E-state index in [4.69, 9.17) is 5.11 Å². The van der Waals surface area contributed by atoms with Gasteiger partial charge in [0.15, 0.2) is 0 Å². The van der Waals surface area contributed by atoms with Gasteiger partial charge in [-0.25, -0.2) is 4.39 Å². The van der Waals surface area contributed by atoms with E-state index in [0.717, 1.165) is 32.4 Å². The predicted octanol–water partition coefficient (Wildman–Crippen LogP) is 2.43. The van der Waals surface area contributed by atoms with Crippen molar-refractivity contribution in [2.45, 2.75) is 37.8 Å². The maximum absolute atomic E-state index is 13.2. The van der Waals surface area contributed by atoms with E-state index < -0.39 is 12.1 Å². The van der Waals surface area contributed by atoms with Crippen molar-refractivity contribution in [1.82, 2.24) is 9.62 Å². The van der Waals surface area contributed by atoms with Crippen molar-refractivity contribution in [3.8, 4) is 0 Å². The van der Waals surface area contributed by atoms with Crippen LogP contribution in [0.4, 0.5) is 4.39 Å². The zero-order chi connectivity index (χ0) is 17.6. The first kappa shape index (κ1) is 19.2. The molecule has 0 bridgehead atoms. The molecular weight excluding hydrogens is 331 g/mol. The molecule has 3 N–H and O–H groups in total. The molecule has 5 nitrogen and oxygen atoms in total. The molecule has 1 aromatic carbocycles. The van der Waals surface area contributed by atoms with Gasteiger partial charge < -0.3 is 15.5 Å². The van der Waals surface area contributed by atoms with Gasteiger partial charge in [0, 0.05) is 25.2 Å². The van der Waals surface area contributed by atoms with E-state index in [2.05, 4.69) is 16.5 Å². The fourth-order valence-corrected chi connectivity index (χ4v) is 3.65. The summed E-state index contributed by atoms with van der Waals surface area (Å²) in [5.74, 6) is -1.07. The molecule has 0 aliphatic carbocycles. The maximum Gasteiger partial charge on any atom is 0.314 e. The van der Waals surface area contributed by atoms with Gasteiger partial charge in [-0.1, -0.05) is 24.1 Å². The van der Waals surface area contributed by atoms with Crippen LogP contribution in [0.15, 0.2) is 24.3 Å². The Bertz CT molecular complexity index is 560. The number of halogens is 1. The minimum absolute atomic E-state index is 0.0857. The molecule has 24 heavy (non-hydrogen) atoms. The first-order chi connectivity index (χ1) is 11.4. The monoisotopic (exact) mass is 356 g/mol. The van der Waals surface area contributed by atoms with E-state index in [1.165, 1.54) is 24.1 Å². The molecular formula is C17H25FN2O3S. The molecule has 0 amide bonds. The van der Waals surface area contributed by atoms with E-state index in [1.54, 1.807) is 12.1 Å². The van der Waals surface area contributed by atoms with Crippen molar-refractivity contribution >= 4 is 17.9 Å². The highest BCUT2D eigenvalue weighted by Crippen LogP contribution is 2.26. The Morgan fingerprint density at radius 2 is 2.25 bits per heavy atom. The van der Waals surface area contributed by atoms with Crippen LogP contribution in [-0.4, -0.2) is 51.4 Å². The van der Waals surface area contributed by atoms with Crippen LogP contribution in [0.1, 0.15) is 37.9 Å². The second kappa shape index (κ2) is 8.80. The molecule has 1 heterocycles. The lowest BCUT2D eigenvalue weighted by atomic mass is 9.92. The van der Waals surface area contributed by atoms with Crippen molar-refractivity contribution < 1.29 is 19.4 Å². The van der Waals surface area contributed by atoms with E-state index in [-0.39, 0.29) is 17.1 Å². The molecule has 134 valence electrons. The number of β-amino-alcohol motifs (C(OH)–C–C–N with tert-alkyl or cyclic N) is 1. The Labute approximate surface area is 146 Å². The fraction of sp³-hybridized carbons (Fsp3) is 0.588. The van der Waals surface area contributed by atoms with Crippen molar-refractivity contribution in [1.29, 1.82) is 0 Å². The van der Waals surface area contributed by atoms with E-state index in [1.807, 2.05) is 0 Å². The summed E-state index contributed by atoms with van der Waals surface area (Å²) in [7, 11) is 0. The van der Waals surface area contributed by atoms with Crippen LogP contribution in [0.2, 0.25) is 0 Å². The summed E-state index contributed by atoms with van der Waals surface area (Å²) in [6, 6.07) is 6.03. The quantitative estimate of drug-likeness (QED) is 0.652. The van der Waals surface area contributed by atoms with Crippen LogP contribution in [0.3, 0.4) is 0 Å². The minimum Gasteiger partial charge on any atom is -0.481 e. The number of aliphatic carboxylic acids is 1. The Morgan fingerprint density at radius 1 is 1.46 bits per heavy atom. The topological polar surface area (TPSA) is 72.8 Å². The average molecular weight is 356 g/mol. The Kier molecular flexibility index (Phi) is 7.03. The second-order valence-corrected chi connectivity index (χ2v) is 7.53. The number of rotatable bonds is 7. The first-order valence-electron chi connectivity index (χ1n) is 8.16. The number of nitrogens with zero attached hydrogens (tertiary/aromatic N) is 1. The average Bonchev–Trinajstić information content (AvgIpc) is 2.73. The summed E-state index contributed by atoms with van der Waals surface area (Å²) in [4.78, 5) is 10.7. The Hall–Kier alpha value is -1.15. The third-order valence-electron chi connectivity index (χ3n) is 4.38. The van der Waals surface area contributed by atoms with Crippen molar-refractivity contribution in [2.24, 2.45) is 0 Å².